The monoisotopic (exact) mass is 300 g/mol. The molecule has 0 bridgehead atoms. The van der Waals surface area contributed by atoms with Gasteiger partial charge in [-0.3, -0.25) is 4.98 Å². The van der Waals surface area contributed by atoms with E-state index in [2.05, 4.69) is 10.3 Å². The van der Waals surface area contributed by atoms with Gasteiger partial charge in [0.2, 0.25) is 0 Å². The second-order valence-corrected chi connectivity index (χ2v) is 5.45. The standard InChI is InChI=1S/C14H15F3N2S/c1-2-3-19-13(6-10-7-18-8-20-10)9-4-11(15)14(17)12(16)5-9/h4-5,7-8,13,19H,2-3,6H2,1H3. The van der Waals surface area contributed by atoms with Gasteiger partial charge < -0.3 is 5.32 Å². The molecular formula is C14H15F3N2S. The maximum atomic E-state index is 13.3. The van der Waals surface area contributed by atoms with Crippen LogP contribution in [0.25, 0.3) is 0 Å². The molecule has 0 spiro atoms. The summed E-state index contributed by atoms with van der Waals surface area (Å²) in [4.78, 5) is 4.98. The lowest BCUT2D eigenvalue weighted by Crippen LogP contribution is -2.24. The normalized spacial score (nSPS) is 12.6. The lowest BCUT2D eigenvalue weighted by Gasteiger charge is -2.18. The molecule has 1 atom stereocenters. The Hall–Kier alpha value is -1.40. The van der Waals surface area contributed by atoms with Crippen LogP contribution in [0.15, 0.2) is 23.8 Å². The second kappa shape index (κ2) is 6.85. The topological polar surface area (TPSA) is 24.9 Å². The third-order valence-corrected chi connectivity index (χ3v) is 3.74. The fourth-order valence-electron chi connectivity index (χ4n) is 1.95. The van der Waals surface area contributed by atoms with Gasteiger partial charge in [-0.2, -0.15) is 0 Å². The second-order valence-electron chi connectivity index (χ2n) is 4.48. The van der Waals surface area contributed by atoms with Gasteiger partial charge in [-0.25, -0.2) is 13.2 Å². The van der Waals surface area contributed by atoms with E-state index in [1.165, 1.54) is 11.3 Å². The number of thiazole rings is 1. The number of hydrogen-bond acceptors (Lipinski definition) is 3. The third kappa shape index (κ3) is 3.58. The van der Waals surface area contributed by atoms with Gasteiger partial charge in [0.15, 0.2) is 17.5 Å². The van der Waals surface area contributed by atoms with E-state index in [9.17, 15) is 13.2 Å². The summed E-state index contributed by atoms with van der Waals surface area (Å²) in [6.07, 6.45) is 3.18. The zero-order valence-electron chi connectivity index (χ0n) is 11.0. The molecule has 1 unspecified atom stereocenters. The quantitative estimate of drug-likeness (QED) is 0.820. The molecule has 2 rings (SSSR count). The summed E-state index contributed by atoms with van der Waals surface area (Å²) in [5, 5.41) is 3.22. The van der Waals surface area contributed by atoms with Crippen molar-refractivity contribution in [1.29, 1.82) is 0 Å². The zero-order chi connectivity index (χ0) is 14.5. The Kier molecular flexibility index (Phi) is 5.14. The first-order chi connectivity index (χ1) is 9.61. The fourth-order valence-corrected chi connectivity index (χ4v) is 2.59. The SMILES string of the molecule is CCCNC(Cc1cncs1)c1cc(F)c(F)c(F)c1. The van der Waals surface area contributed by atoms with Gasteiger partial charge in [0.05, 0.1) is 5.51 Å². The van der Waals surface area contributed by atoms with Crippen molar-refractivity contribution in [3.63, 3.8) is 0 Å². The van der Waals surface area contributed by atoms with E-state index < -0.39 is 17.5 Å². The van der Waals surface area contributed by atoms with Crippen LogP contribution in [-0.2, 0) is 6.42 Å². The minimum atomic E-state index is -1.43. The van der Waals surface area contributed by atoms with Crippen LogP contribution in [0.3, 0.4) is 0 Å². The highest BCUT2D eigenvalue weighted by Gasteiger charge is 2.18. The molecule has 108 valence electrons. The van der Waals surface area contributed by atoms with E-state index in [0.717, 1.165) is 23.4 Å². The molecular weight excluding hydrogens is 285 g/mol. The number of rotatable bonds is 6. The predicted octanol–water partition coefficient (Wildman–Crippen LogP) is 3.84. The van der Waals surface area contributed by atoms with Gasteiger partial charge >= 0.3 is 0 Å². The minimum Gasteiger partial charge on any atom is -0.310 e. The minimum absolute atomic E-state index is 0.264. The molecule has 0 radical (unpaired) electrons. The van der Waals surface area contributed by atoms with E-state index in [1.807, 2.05) is 6.92 Å². The van der Waals surface area contributed by atoms with Crippen LogP contribution in [-0.4, -0.2) is 11.5 Å². The van der Waals surface area contributed by atoms with Crippen molar-refractivity contribution in [1.82, 2.24) is 10.3 Å². The smallest absolute Gasteiger partial charge is 0.194 e. The summed E-state index contributed by atoms with van der Waals surface area (Å²) >= 11 is 1.48. The van der Waals surface area contributed by atoms with E-state index >= 15 is 0 Å². The van der Waals surface area contributed by atoms with Gasteiger partial charge in [0.25, 0.3) is 0 Å². The first-order valence-corrected chi connectivity index (χ1v) is 7.25. The average Bonchev–Trinajstić information content (AvgIpc) is 2.93. The fraction of sp³-hybridized carbons (Fsp3) is 0.357. The molecule has 20 heavy (non-hydrogen) atoms. The molecule has 1 aromatic heterocycles. The number of halogens is 3. The molecule has 0 saturated carbocycles. The lowest BCUT2D eigenvalue weighted by molar-refractivity contribution is 0.438. The molecule has 0 aliphatic heterocycles. The molecule has 0 saturated heterocycles. The first-order valence-electron chi connectivity index (χ1n) is 6.37. The van der Waals surface area contributed by atoms with Gasteiger partial charge in [-0.1, -0.05) is 6.92 Å². The predicted molar refractivity (Wildman–Crippen MR) is 73.2 cm³/mol. The Morgan fingerprint density at radius 2 is 1.95 bits per heavy atom. The maximum Gasteiger partial charge on any atom is 0.194 e. The Balaban J connectivity index is 2.25. The van der Waals surface area contributed by atoms with Crippen molar-refractivity contribution in [2.24, 2.45) is 0 Å². The molecule has 1 heterocycles. The number of aromatic nitrogens is 1. The van der Waals surface area contributed by atoms with Crippen molar-refractivity contribution >= 4 is 11.3 Å². The lowest BCUT2D eigenvalue weighted by atomic mass is 10.0. The van der Waals surface area contributed by atoms with E-state index in [4.69, 9.17) is 0 Å². The van der Waals surface area contributed by atoms with Crippen LogP contribution in [0, 0.1) is 17.5 Å². The molecule has 0 aliphatic carbocycles. The van der Waals surface area contributed by atoms with Crippen molar-refractivity contribution in [2.75, 3.05) is 6.54 Å². The number of nitrogens with one attached hydrogen (secondary N) is 1. The molecule has 2 nitrogen and oxygen atoms in total. The molecule has 6 heteroatoms. The van der Waals surface area contributed by atoms with Crippen LogP contribution in [0.4, 0.5) is 13.2 Å². The van der Waals surface area contributed by atoms with Crippen molar-refractivity contribution < 1.29 is 13.2 Å². The Bertz CT molecular complexity index is 535. The Morgan fingerprint density at radius 1 is 1.25 bits per heavy atom. The zero-order valence-corrected chi connectivity index (χ0v) is 11.8. The van der Waals surface area contributed by atoms with E-state index in [-0.39, 0.29) is 6.04 Å². The Morgan fingerprint density at radius 3 is 2.50 bits per heavy atom. The maximum absolute atomic E-state index is 13.3. The van der Waals surface area contributed by atoms with Crippen molar-refractivity contribution in [2.45, 2.75) is 25.8 Å². The molecule has 0 fully saturated rings. The van der Waals surface area contributed by atoms with E-state index in [1.54, 1.807) is 11.7 Å². The molecule has 2 aromatic rings. The number of hydrogen-bond donors (Lipinski definition) is 1. The first kappa shape index (κ1) is 15.0. The summed E-state index contributed by atoms with van der Waals surface area (Å²) in [7, 11) is 0. The highest BCUT2D eigenvalue weighted by atomic mass is 32.1. The number of nitrogens with zero attached hydrogens (tertiary/aromatic N) is 1. The van der Waals surface area contributed by atoms with Crippen molar-refractivity contribution in [3.05, 3.63) is 51.7 Å². The van der Waals surface area contributed by atoms with Crippen LogP contribution >= 0.6 is 11.3 Å². The van der Waals surface area contributed by atoms with Crippen LogP contribution < -0.4 is 5.32 Å². The van der Waals surface area contributed by atoms with Gasteiger partial charge in [-0.05, 0) is 30.7 Å². The largest absolute Gasteiger partial charge is 0.310 e. The molecule has 1 N–H and O–H groups in total. The number of benzene rings is 1. The van der Waals surface area contributed by atoms with Crippen LogP contribution in [0.5, 0.6) is 0 Å². The molecule has 0 amide bonds. The Labute approximate surface area is 119 Å². The summed E-state index contributed by atoms with van der Waals surface area (Å²) in [5.74, 6) is -3.75. The average molecular weight is 300 g/mol. The molecule has 0 aliphatic rings. The van der Waals surface area contributed by atoms with Gasteiger partial charge in [0, 0.05) is 23.5 Å². The highest BCUT2D eigenvalue weighted by Crippen LogP contribution is 2.24. The highest BCUT2D eigenvalue weighted by molar-refractivity contribution is 7.09. The molecule has 1 aromatic carbocycles. The van der Waals surface area contributed by atoms with Crippen LogP contribution in [0.1, 0.15) is 29.8 Å². The third-order valence-electron chi connectivity index (χ3n) is 2.94. The summed E-state index contributed by atoms with van der Waals surface area (Å²) in [5.41, 5.74) is 2.11. The van der Waals surface area contributed by atoms with E-state index in [0.29, 0.717) is 18.5 Å². The van der Waals surface area contributed by atoms with Gasteiger partial charge in [-0.15, -0.1) is 11.3 Å². The van der Waals surface area contributed by atoms with Crippen LogP contribution in [0.2, 0.25) is 0 Å². The van der Waals surface area contributed by atoms with Crippen molar-refractivity contribution in [3.8, 4) is 0 Å². The summed E-state index contributed by atoms with van der Waals surface area (Å²) in [6, 6.07) is 1.83. The summed E-state index contributed by atoms with van der Waals surface area (Å²) < 4.78 is 39.7. The summed E-state index contributed by atoms with van der Waals surface area (Å²) in [6.45, 7) is 2.71. The van der Waals surface area contributed by atoms with Gasteiger partial charge in [0.1, 0.15) is 0 Å².